The van der Waals surface area contributed by atoms with Crippen LogP contribution < -0.4 is 10.6 Å². The Morgan fingerprint density at radius 3 is 2.78 bits per heavy atom. The molecule has 0 aromatic heterocycles. The molecule has 0 atom stereocenters. The van der Waals surface area contributed by atoms with E-state index < -0.39 is 0 Å². The van der Waals surface area contributed by atoms with Gasteiger partial charge in [0.1, 0.15) is 0 Å². The average Bonchev–Trinajstić information content (AvgIpc) is 2.92. The molecule has 1 aromatic carbocycles. The first-order chi connectivity index (χ1) is 8.83. The van der Waals surface area contributed by atoms with Crippen LogP contribution in [0.4, 0.5) is 17.1 Å². The highest BCUT2D eigenvalue weighted by Crippen LogP contribution is 2.27. The van der Waals surface area contributed by atoms with Crippen molar-refractivity contribution >= 4 is 23.8 Å². The Kier molecular flexibility index (Phi) is 4.59. The predicted molar refractivity (Wildman–Crippen MR) is 79.4 cm³/mol. The van der Waals surface area contributed by atoms with Crippen molar-refractivity contribution in [1.82, 2.24) is 4.90 Å². The van der Waals surface area contributed by atoms with Crippen LogP contribution >= 0.6 is 0 Å². The van der Waals surface area contributed by atoms with Crippen LogP contribution in [0.15, 0.2) is 23.2 Å². The number of hydrogen-bond donors (Lipinski definition) is 2. The maximum absolute atomic E-state index is 4.06. The summed E-state index contributed by atoms with van der Waals surface area (Å²) >= 11 is 0. The van der Waals surface area contributed by atoms with Crippen LogP contribution in [0.25, 0.3) is 0 Å². The van der Waals surface area contributed by atoms with Gasteiger partial charge in [-0.15, -0.1) is 0 Å². The van der Waals surface area contributed by atoms with Gasteiger partial charge in [0, 0.05) is 25.8 Å². The van der Waals surface area contributed by atoms with Crippen LogP contribution in [-0.4, -0.2) is 44.8 Å². The fraction of sp³-hybridized carbons (Fsp3) is 0.500. The molecule has 0 bridgehead atoms. The molecular formula is C14H22N4. The van der Waals surface area contributed by atoms with Crippen LogP contribution in [0, 0.1) is 0 Å². The van der Waals surface area contributed by atoms with E-state index in [1.165, 1.54) is 25.9 Å². The molecule has 0 unspecified atom stereocenters. The lowest BCUT2D eigenvalue weighted by atomic mass is 10.2. The summed E-state index contributed by atoms with van der Waals surface area (Å²) in [5.41, 5.74) is 3.02. The van der Waals surface area contributed by atoms with Gasteiger partial charge in [0.15, 0.2) is 0 Å². The highest BCUT2D eigenvalue weighted by atomic mass is 15.1. The van der Waals surface area contributed by atoms with Gasteiger partial charge in [0.25, 0.3) is 0 Å². The molecular weight excluding hydrogens is 224 g/mol. The largest absolute Gasteiger partial charge is 0.388 e. The first-order valence-corrected chi connectivity index (χ1v) is 6.58. The molecule has 0 saturated carbocycles. The molecule has 4 heteroatoms. The molecule has 4 nitrogen and oxygen atoms in total. The van der Waals surface area contributed by atoms with E-state index in [2.05, 4.69) is 33.3 Å². The molecule has 1 heterocycles. The predicted octanol–water partition coefficient (Wildman–Crippen LogP) is 2.57. The summed E-state index contributed by atoms with van der Waals surface area (Å²) in [6.45, 7) is 8.17. The number of anilines is 2. The Morgan fingerprint density at radius 2 is 2.11 bits per heavy atom. The molecule has 98 valence electrons. The minimum absolute atomic E-state index is 0.906. The van der Waals surface area contributed by atoms with Crippen molar-refractivity contribution in [1.29, 1.82) is 0 Å². The van der Waals surface area contributed by atoms with Gasteiger partial charge in [-0.05, 0) is 50.8 Å². The highest BCUT2D eigenvalue weighted by molar-refractivity contribution is 5.72. The monoisotopic (exact) mass is 246 g/mol. The van der Waals surface area contributed by atoms with Gasteiger partial charge in [-0.2, -0.15) is 0 Å². The number of aliphatic imine (C=N–C) groups is 1. The number of benzene rings is 1. The number of rotatable bonds is 6. The Balaban J connectivity index is 1.89. The lowest BCUT2D eigenvalue weighted by Gasteiger charge is -2.16. The number of hydrogen-bond acceptors (Lipinski definition) is 4. The van der Waals surface area contributed by atoms with Gasteiger partial charge < -0.3 is 15.5 Å². The Bertz CT molecular complexity index is 397. The van der Waals surface area contributed by atoms with E-state index in [0.717, 1.165) is 30.2 Å². The molecule has 1 aliphatic rings. The standard InChI is InChI=1S/C14H22N4/c1-15-12-5-6-13(14(11-12)16-2)17-7-10-18-8-3-4-9-18/h5-6,11,15,17H,2-4,7-10H2,1H3. The third kappa shape index (κ3) is 3.23. The topological polar surface area (TPSA) is 39.7 Å². The smallest absolute Gasteiger partial charge is 0.0874 e. The normalized spacial score (nSPS) is 15.6. The molecule has 0 radical (unpaired) electrons. The van der Waals surface area contributed by atoms with Crippen LogP contribution in [0.1, 0.15) is 12.8 Å². The summed E-state index contributed by atoms with van der Waals surface area (Å²) < 4.78 is 0. The molecule has 1 aliphatic heterocycles. The minimum Gasteiger partial charge on any atom is -0.388 e. The van der Waals surface area contributed by atoms with Crippen molar-refractivity contribution in [2.75, 3.05) is 43.9 Å². The van der Waals surface area contributed by atoms with E-state index in [1.807, 2.05) is 19.2 Å². The lowest BCUT2D eigenvalue weighted by Crippen LogP contribution is -2.25. The van der Waals surface area contributed by atoms with Crippen molar-refractivity contribution in [3.8, 4) is 0 Å². The van der Waals surface area contributed by atoms with Gasteiger partial charge in [-0.25, -0.2) is 0 Å². The number of nitrogens with zero attached hydrogens (tertiary/aromatic N) is 2. The molecule has 0 spiro atoms. The summed E-state index contributed by atoms with van der Waals surface area (Å²) in [4.78, 5) is 6.56. The quantitative estimate of drug-likeness (QED) is 0.758. The van der Waals surface area contributed by atoms with Gasteiger partial charge in [0.05, 0.1) is 11.4 Å². The van der Waals surface area contributed by atoms with E-state index in [9.17, 15) is 0 Å². The summed E-state index contributed by atoms with van der Waals surface area (Å²) in [6.07, 6.45) is 2.69. The summed E-state index contributed by atoms with van der Waals surface area (Å²) in [5, 5.41) is 6.55. The van der Waals surface area contributed by atoms with Crippen molar-refractivity contribution < 1.29 is 0 Å². The van der Waals surface area contributed by atoms with Crippen molar-refractivity contribution in [2.24, 2.45) is 4.99 Å². The zero-order valence-electron chi connectivity index (χ0n) is 11.1. The zero-order chi connectivity index (χ0) is 12.8. The molecule has 2 N–H and O–H groups in total. The Labute approximate surface area is 109 Å². The molecule has 1 saturated heterocycles. The lowest BCUT2D eigenvalue weighted by molar-refractivity contribution is 0.353. The van der Waals surface area contributed by atoms with Gasteiger partial charge >= 0.3 is 0 Å². The third-order valence-electron chi connectivity index (χ3n) is 3.40. The van der Waals surface area contributed by atoms with E-state index in [4.69, 9.17) is 0 Å². The summed E-state index contributed by atoms with van der Waals surface area (Å²) in [6, 6.07) is 6.11. The van der Waals surface area contributed by atoms with E-state index in [0.29, 0.717) is 0 Å². The van der Waals surface area contributed by atoms with E-state index >= 15 is 0 Å². The Morgan fingerprint density at radius 1 is 1.33 bits per heavy atom. The van der Waals surface area contributed by atoms with Crippen LogP contribution in [-0.2, 0) is 0 Å². The van der Waals surface area contributed by atoms with Crippen molar-refractivity contribution in [3.63, 3.8) is 0 Å². The molecule has 18 heavy (non-hydrogen) atoms. The first-order valence-electron chi connectivity index (χ1n) is 6.58. The summed E-state index contributed by atoms with van der Waals surface area (Å²) in [7, 11) is 1.91. The van der Waals surface area contributed by atoms with Gasteiger partial charge in [0.2, 0.25) is 0 Å². The zero-order valence-corrected chi connectivity index (χ0v) is 11.1. The van der Waals surface area contributed by atoms with Crippen LogP contribution in [0.3, 0.4) is 0 Å². The number of likely N-dealkylation sites (tertiary alicyclic amines) is 1. The third-order valence-corrected chi connectivity index (χ3v) is 3.40. The molecule has 1 fully saturated rings. The van der Waals surface area contributed by atoms with Crippen molar-refractivity contribution in [2.45, 2.75) is 12.8 Å². The maximum Gasteiger partial charge on any atom is 0.0874 e. The second-order valence-corrected chi connectivity index (χ2v) is 4.62. The molecule has 1 aromatic rings. The van der Waals surface area contributed by atoms with E-state index in [1.54, 1.807) is 0 Å². The number of nitrogens with one attached hydrogen (secondary N) is 2. The highest BCUT2D eigenvalue weighted by Gasteiger charge is 2.10. The van der Waals surface area contributed by atoms with Crippen molar-refractivity contribution in [3.05, 3.63) is 18.2 Å². The average molecular weight is 246 g/mol. The molecule has 2 rings (SSSR count). The molecule has 0 amide bonds. The van der Waals surface area contributed by atoms with E-state index in [-0.39, 0.29) is 0 Å². The summed E-state index contributed by atoms with van der Waals surface area (Å²) in [5.74, 6) is 0. The maximum atomic E-state index is 4.06. The Hall–Kier alpha value is -1.55. The van der Waals surface area contributed by atoms with Crippen LogP contribution in [0.2, 0.25) is 0 Å². The minimum atomic E-state index is 0.906. The van der Waals surface area contributed by atoms with Gasteiger partial charge in [-0.1, -0.05) is 0 Å². The second kappa shape index (κ2) is 6.40. The van der Waals surface area contributed by atoms with Gasteiger partial charge in [-0.3, -0.25) is 4.99 Å². The fourth-order valence-corrected chi connectivity index (χ4v) is 2.32. The van der Waals surface area contributed by atoms with Crippen LogP contribution in [0.5, 0.6) is 0 Å². The fourth-order valence-electron chi connectivity index (χ4n) is 2.32. The second-order valence-electron chi connectivity index (χ2n) is 4.62. The SMILES string of the molecule is C=Nc1cc(NC)ccc1NCCN1CCCC1. The first kappa shape index (κ1) is 12.9. The molecule has 0 aliphatic carbocycles.